The molecule has 0 saturated carbocycles. The summed E-state index contributed by atoms with van der Waals surface area (Å²) in [6.45, 7) is 6.54. The minimum absolute atomic E-state index is 0.0795. The topological polar surface area (TPSA) is 78.9 Å². The number of allylic oxidation sites excluding steroid dienone is 10. The summed E-state index contributed by atoms with van der Waals surface area (Å²) < 4.78 is 16.9. The molecule has 0 amide bonds. The first-order valence-corrected chi connectivity index (χ1v) is 29.3. The second-order valence-corrected chi connectivity index (χ2v) is 19.5. The third-order valence-electron chi connectivity index (χ3n) is 12.8. The van der Waals surface area contributed by atoms with E-state index in [0.29, 0.717) is 19.3 Å². The first-order chi connectivity index (χ1) is 33.5. The Morgan fingerprint density at radius 3 is 0.912 bits per heavy atom. The second-order valence-electron chi connectivity index (χ2n) is 19.5. The number of esters is 3. The van der Waals surface area contributed by atoms with Gasteiger partial charge in [-0.15, -0.1) is 0 Å². The highest BCUT2D eigenvalue weighted by Gasteiger charge is 2.19. The predicted octanol–water partition coefficient (Wildman–Crippen LogP) is 19.6. The molecular weight excluding hydrogens is 841 g/mol. The van der Waals surface area contributed by atoms with Crippen LogP contribution in [-0.2, 0) is 28.6 Å². The van der Waals surface area contributed by atoms with Crippen LogP contribution in [0.3, 0.4) is 0 Å². The number of carbonyl (C=O) groups excluding carboxylic acids is 3. The minimum Gasteiger partial charge on any atom is -0.462 e. The Morgan fingerprint density at radius 2 is 0.574 bits per heavy atom. The Bertz CT molecular complexity index is 1230. The molecule has 0 aliphatic heterocycles. The van der Waals surface area contributed by atoms with Crippen LogP contribution in [0.25, 0.3) is 0 Å². The van der Waals surface area contributed by atoms with Crippen LogP contribution in [0.5, 0.6) is 0 Å². The molecule has 0 bridgehead atoms. The lowest BCUT2D eigenvalue weighted by molar-refractivity contribution is -0.167. The highest BCUT2D eigenvalue weighted by molar-refractivity contribution is 5.71. The van der Waals surface area contributed by atoms with Gasteiger partial charge in [0.15, 0.2) is 6.10 Å². The van der Waals surface area contributed by atoms with Gasteiger partial charge in [-0.3, -0.25) is 14.4 Å². The van der Waals surface area contributed by atoms with E-state index in [2.05, 4.69) is 81.5 Å². The van der Waals surface area contributed by atoms with E-state index in [-0.39, 0.29) is 31.1 Å². The molecule has 0 rings (SSSR count). The van der Waals surface area contributed by atoms with Crippen LogP contribution >= 0.6 is 0 Å². The molecule has 0 aromatic rings. The zero-order valence-electron chi connectivity index (χ0n) is 45.1. The van der Waals surface area contributed by atoms with Gasteiger partial charge in [0.25, 0.3) is 0 Å². The molecule has 0 heterocycles. The summed E-state index contributed by atoms with van der Waals surface area (Å²) in [6, 6.07) is 0. The highest BCUT2D eigenvalue weighted by Crippen LogP contribution is 2.16. The molecule has 68 heavy (non-hydrogen) atoms. The van der Waals surface area contributed by atoms with E-state index in [9.17, 15) is 14.4 Å². The molecule has 0 aromatic carbocycles. The van der Waals surface area contributed by atoms with E-state index < -0.39 is 6.10 Å². The summed E-state index contributed by atoms with van der Waals surface area (Å²) in [5.41, 5.74) is 0. The van der Waals surface area contributed by atoms with Crippen molar-refractivity contribution in [3.05, 3.63) is 60.8 Å². The molecule has 0 aromatic heterocycles. The predicted molar refractivity (Wildman–Crippen MR) is 293 cm³/mol. The van der Waals surface area contributed by atoms with Gasteiger partial charge in [-0.2, -0.15) is 0 Å². The maximum absolute atomic E-state index is 12.9. The number of unbranched alkanes of at least 4 members (excludes halogenated alkanes) is 32. The van der Waals surface area contributed by atoms with Gasteiger partial charge >= 0.3 is 17.9 Å². The van der Waals surface area contributed by atoms with Crippen molar-refractivity contribution in [3.8, 4) is 0 Å². The van der Waals surface area contributed by atoms with E-state index >= 15 is 0 Å². The molecule has 6 nitrogen and oxygen atoms in total. The third kappa shape index (κ3) is 54.1. The van der Waals surface area contributed by atoms with Gasteiger partial charge in [0, 0.05) is 19.3 Å². The van der Waals surface area contributed by atoms with E-state index in [4.69, 9.17) is 14.2 Å². The first-order valence-electron chi connectivity index (χ1n) is 29.3. The Labute approximate surface area is 421 Å². The molecule has 394 valence electrons. The molecule has 1 unspecified atom stereocenters. The van der Waals surface area contributed by atoms with Crippen LogP contribution in [-0.4, -0.2) is 37.2 Å². The average molecular weight is 952 g/mol. The molecule has 0 saturated heterocycles. The number of hydrogen-bond donors (Lipinski definition) is 0. The van der Waals surface area contributed by atoms with Crippen molar-refractivity contribution in [2.24, 2.45) is 0 Å². The van der Waals surface area contributed by atoms with Crippen molar-refractivity contribution < 1.29 is 28.6 Å². The Balaban J connectivity index is 4.38. The molecule has 0 radical (unpaired) electrons. The van der Waals surface area contributed by atoms with Crippen LogP contribution in [0.1, 0.15) is 297 Å². The average Bonchev–Trinajstić information content (AvgIpc) is 3.34. The lowest BCUT2D eigenvalue weighted by Gasteiger charge is -2.18. The van der Waals surface area contributed by atoms with Gasteiger partial charge in [0.05, 0.1) is 0 Å². The van der Waals surface area contributed by atoms with Gasteiger partial charge in [-0.25, -0.2) is 0 Å². The lowest BCUT2D eigenvalue weighted by atomic mass is 10.0. The number of rotatable bonds is 53. The summed E-state index contributed by atoms with van der Waals surface area (Å²) in [6.07, 6.45) is 70.6. The zero-order valence-corrected chi connectivity index (χ0v) is 45.1. The van der Waals surface area contributed by atoms with Gasteiger partial charge < -0.3 is 14.2 Å². The lowest BCUT2D eigenvalue weighted by Crippen LogP contribution is -2.30. The summed E-state index contributed by atoms with van der Waals surface area (Å²) in [7, 11) is 0. The smallest absolute Gasteiger partial charge is 0.306 e. The van der Waals surface area contributed by atoms with Crippen molar-refractivity contribution in [3.63, 3.8) is 0 Å². The molecule has 0 aliphatic rings. The number of hydrogen-bond acceptors (Lipinski definition) is 6. The Kier molecular flexibility index (Phi) is 54.3. The molecular formula is C62H110O6. The highest BCUT2D eigenvalue weighted by atomic mass is 16.6. The Hall–Kier alpha value is -2.89. The molecule has 0 aliphatic carbocycles. The number of ether oxygens (including phenoxy) is 3. The van der Waals surface area contributed by atoms with Gasteiger partial charge in [0.2, 0.25) is 0 Å². The quantitative estimate of drug-likeness (QED) is 0.0262. The third-order valence-corrected chi connectivity index (χ3v) is 12.8. The summed E-state index contributed by atoms with van der Waals surface area (Å²) in [5.74, 6) is -0.890. The van der Waals surface area contributed by atoms with E-state index in [1.165, 1.54) is 154 Å². The fourth-order valence-corrected chi connectivity index (χ4v) is 8.37. The normalized spacial score (nSPS) is 12.5. The minimum atomic E-state index is -0.783. The van der Waals surface area contributed by atoms with Crippen molar-refractivity contribution in [1.82, 2.24) is 0 Å². The Morgan fingerprint density at radius 1 is 0.309 bits per heavy atom. The fraction of sp³-hybridized carbons (Fsp3) is 0.790. The molecule has 0 fully saturated rings. The molecule has 1 atom stereocenters. The van der Waals surface area contributed by atoms with Crippen molar-refractivity contribution in [2.75, 3.05) is 13.2 Å². The summed E-state index contributed by atoms with van der Waals surface area (Å²) >= 11 is 0. The number of carbonyl (C=O) groups is 3. The summed E-state index contributed by atoms with van der Waals surface area (Å²) in [5, 5.41) is 0. The van der Waals surface area contributed by atoms with Gasteiger partial charge in [-0.05, 0) is 83.5 Å². The van der Waals surface area contributed by atoms with Crippen LogP contribution in [0.15, 0.2) is 60.8 Å². The SMILES string of the molecule is CC/C=C\C/C=C\C/C=C\C/C=C\CCCCCCCCC(=O)OCC(COC(=O)CCCCCCCCCCCCCCC)OC(=O)CCCCCCC/C=C\CCCCCCCCCCC. The van der Waals surface area contributed by atoms with E-state index in [0.717, 1.165) is 103 Å². The van der Waals surface area contributed by atoms with Gasteiger partial charge in [-0.1, -0.05) is 255 Å². The maximum atomic E-state index is 12.9. The maximum Gasteiger partial charge on any atom is 0.306 e. The standard InChI is InChI=1S/C62H110O6/c1-4-7-10-13-16-19-22-25-27-29-31-33-34-37-40-43-46-49-52-55-61(64)67-58-59(57-66-60(63)54-51-48-45-42-39-36-24-21-18-15-12-9-6-3)68-62(65)56-53-50-47-44-41-38-35-32-30-28-26-23-20-17-14-11-8-5-2/h7,10,16,19,25,27,31-33,35,59H,4-6,8-9,11-15,17-18,20-24,26,28-30,34,36-58H2,1-3H3/b10-7-,19-16-,27-25-,33-31-,35-32-. The zero-order chi connectivity index (χ0) is 49.3. The monoisotopic (exact) mass is 951 g/mol. The van der Waals surface area contributed by atoms with Crippen molar-refractivity contribution >= 4 is 17.9 Å². The molecule has 0 N–H and O–H groups in total. The summed E-state index contributed by atoms with van der Waals surface area (Å²) in [4.78, 5) is 38.2. The van der Waals surface area contributed by atoms with Crippen molar-refractivity contribution in [1.29, 1.82) is 0 Å². The first kappa shape index (κ1) is 65.1. The molecule has 6 heteroatoms. The largest absolute Gasteiger partial charge is 0.462 e. The van der Waals surface area contributed by atoms with Crippen LogP contribution in [0.4, 0.5) is 0 Å². The fourth-order valence-electron chi connectivity index (χ4n) is 8.37. The van der Waals surface area contributed by atoms with Crippen molar-refractivity contribution in [2.45, 2.75) is 303 Å². The van der Waals surface area contributed by atoms with Crippen LogP contribution < -0.4 is 0 Å². The van der Waals surface area contributed by atoms with Gasteiger partial charge in [0.1, 0.15) is 13.2 Å². The van der Waals surface area contributed by atoms with Crippen LogP contribution in [0.2, 0.25) is 0 Å². The second kappa shape index (κ2) is 56.7. The van der Waals surface area contributed by atoms with E-state index in [1.807, 2.05) is 0 Å². The van der Waals surface area contributed by atoms with Crippen LogP contribution in [0, 0.1) is 0 Å². The van der Waals surface area contributed by atoms with E-state index in [1.54, 1.807) is 0 Å². The molecule has 0 spiro atoms.